The van der Waals surface area contributed by atoms with E-state index in [0.717, 1.165) is 44.2 Å². The third-order valence-electron chi connectivity index (χ3n) is 9.60. The number of rotatable bonds is 8. The summed E-state index contributed by atoms with van der Waals surface area (Å²) in [6, 6.07) is 0. The van der Waals surface area contributed by atoms with Gasteiger partial charge >= 0.3 is 0 Å². The van der Waals surface area contributed by atoms with Gasteiger partial charge in [-0.1, -0.05) is 27.2 Å². The first kappa shape index (κ1) is 30.0. The van der Waals surface area contributed by atoms with Crippen LogP contribution in [0.15, 0.2) is 4.99 Å². The zero-order chi connectivity index (χ0) is 27.2. The maximum Gasteiger partial charge on any atom is 0.225 e. The van der Waals surface area contributed by atoms with E-state index in [0.29, 0.717) is 11.8 Å². The highest BCUT2D eigenvalue weighted by Crippen LogP contribution is 2.47. The van der Waals surface area contributed by atoms with Gasteiger partial charge in [0.25, 0.3) is 0 Å². The lowest BCUT2D eigenvalue weighted by atomic mass is 9.61. The molecule has 0 spiro atoms. The molecule has 3 saturated carbocycles. The van der Waals surface area contributed by atoms with Gasteiger partial charge in [0, 0.05) is 31.3 Å². The number of aliphatic imine (C=N–C) groups is 1. The van der Waals surface area contributed by atoms with Crippen LogP contribution in [-0.4, -0.2) is 54.3 Å². The number of nitrogens with zero attached hydrogens (tertiary/aromatic N) is 2. The van der Waals surface area contributed by atoms with Crippen molar-refractivity contribution in [2.24, 2.45) is 34.1 Å². The molecule has 3 aliphatic carbocycles. The standard InChI is InChI=1S/C29H48F2N4O2/c1-28(2,3)20-6-5-7-21(15-20)29(10-8-24(9-11-29)34-18-32)35-17-26(36)25(27(37)33-4)14-19-12-22(30)16-23(31)13-19/h19-23,25-26,35-36H,5-17H2,1-4H3,(H,33,37). The van der Waals surface area contributed by atoms with Crippen LogP contribution in [0.2, 0.25) is 0 Å². The van der Waals surface area contributed by atoms with Crippen molar-refractivity contribution in [1.82, 2.24) is 10.6 Å². The van der Waals surface area contributed by atoms with Crippen LogP contribution >= 0.6 is 0 Å². The molecule has 3 aliphatic rings. The molecule has 0 heterocycles. The molecule has 0 aromatic carbocycles. The molecule has 0 bridgehead atoms. The molecule has 3 fully saturated rings. The Kier molecular flexibility index (Phi) is 10.5. The summed E-state index contributed by atoms with van der Waals surface area (Å²) >= 11 is 0. The van der Waals surface area contributed by atoms with Crippen molar-refractivity contribution in [3.8, 4) is 6.19 Å². The summed E-state index contributed by atoms with van der Waals surface area (Å²) in [7, 11) is 1.54. The van der Waals surface area contributed by atoms with E-state index in [1.54, 1.807) is 7.05 Å². The van der Waals surface area contributed by atoms with Crippen molar-refractivity contribution < 1.29 is 18.7 Å². The smallest absolute Gasteiger partial charge is 0.225 e. The molecule has 0 aromatic heterocycles. The first-order valence-electron chi connectivity index (χ1n) is 14.3. The fourth-order valence-electron chi connectivity index (χ4n) is 7.29. The first-order chi connectivity index (χ1) is 17.5. The average Bonchev–Trinajstić information content (AvgIpc) is 2.85. The number of hydrogen-bond donors (Lipinski definition) is 3. The number of carbonyl (C=O) groups excluding carboxylic acids is 1. The summed E-state index contributed by atoms with van der Waals surface area (Å²) in [6.45, 7) is 7.19. The molecule has 8 heteroatoms. The Morgan fingerprint density at radius 3 is 2.38 bits per heavy atom. The van der Waals surface area contributed by atoms with Crippen molar-refractivity contribution in [1.29, 1.82) is 5.26 Å². The van der Waals surface area contributed by atoms with Gasteiger partial charge in [0.2, 0.25) is 12.1 Å². The Morgan fingerprint density at radius 1 is 1.16 bits per heavy atom. The minimum absolute atomic E-state index is 0.0676. The quantitative estimate of drug-likeness (QED) is 0.379. The molecule has 0 aromatic rings. The largest absolute Gasteiger partial charge is 0.391 e. The fraction of sp³-hybridized carbons (Fsp3) is 0.897. The van der Waals surface area contributed by atoms with Gasteiger partial charge in [-0.3, -0.25) is 4.79 Å². The molecule has 0 aliphatic heterocycles. The molecule has 1 amide bonds. The molecule has 37 heavy (non-hydrogen) atoms. The van der Waals surface area contributed by atoms with Gasteiger partial charge in [0.05, 0.1) is 12.0 Å². The zero-order valence-corrected chi connectivity index (χ0v) is 23.2. The van der Waals surface area contributed by atoms with Crippen LogP contribution in [-0.2, 0) is 4.79 Å². The molecule has 210 valence electrons. The van der Waals surface area contributed by atoms with Gasteiger partial charge in [-0.05, 0) is 87.4 Å². The number of aliphatic hydroxyl groups is 1. The SMILES string of the molecule is CNC(=O)C(CC1CC(F)CC(F)C1)C(O)CNC1(C2CCCC(C(C)(C)C)C2)CCC(=NC#N)CC1. The Balaban J connectivity index is 1.74. The third-order valence-corrected chi connectivity index (χ3v) is 9.60. The molecule has 6 nitrogen and oxygen atoms in total. The average molecular weight is 523 g/mol. The minimum atomic E-state index is -1.19. The Morgan fingerprint density at radius 2 is 1.81 bits per heavy atom. The number of aliphatic hydroxyl groups excluding tert-OH is 1. The van der Waals surface area contributed by atoms with E-state index in [1.807, 2.05) is 6.19 Å². The van der Waals surface area contributed by atoms with Crippen molar-refractivity contribution in [3.05, 3.63) is 0 Å². The number of nitriles is 1. The maximum atomic E-state index is 14.0. The first-order valence-corrected chi connectivity index (χ1v) is 14.3. The van der Waals surface area contributed by atoms with Crippen LogP contribution in [0.4, 0.5) is 8.78 Å². The highest BCUT2D eigenvalue weighted by Gasteiger charge is 2.45. The van der Waals surface area contributed by atoms with Crippen LogP contribution in [0, 0.1) is 40.5 Å². The Labute approximate surface area is 222 Å². The van der Waals surface area contributed by atoms with E-state index in [1.165, 1.54) is 12.8 Å². The van der Waals surface area contributed by atoms with Gasteiger partial charge in [-0.2, -0.15) is 10.3 Å². The number of alkyl halides is 2. The monoisotopic (exact) mass is 522 g/mol. The van der Waals surface area contributed by atoms with E-state index in [4.69, 9.17) is 5.26 Å². The van der Waals surface area contributed by atoms with Gasteiger partial charge < -0.3 is 15.7 Å². The lowest BCUT2D eigenvalue weighted by Gasteiger charge is -2.50. The van der Waals surface area contributed by atoms with Crippen LogP contribution in [0.1, 0.15) is 97.8 Å². The Bertz CT molecular complexity index is 817. The van der Waals surface area contributed by atoms with Gasteiger partial charge in [0.15, 0.2) is 0 Å². The number of nitrogens with one attached hydrogen (secondary N) is 2. The molecule has 0 saturated heterocycles. The normalized spacial score (nSPS) is 34.8. The highest BCUT2D eigenvalue weighted by molar-refractivity contribution is 5.86. The second kappa shape index (κ2) is 13.0. The lowest BCUT2D eigenvalue weighted by molar-refractivity contribution is -0.129. The van der Waals surface area contributed by atoms with Gasteiger partial charge in [-0.25, -0.2) is 8.78 Å². The summed E-state index contributed by atoms with van der Waals surface area (Å²) in [5, 5.41) is 26.7. The topological polar surface area (TPSA) is 97.5 Å². The summed E-state index contributed by atoms with van der Waals surface area (Å²) in [5.41, 5.74) is 0.977. The second-order valence-electron chi connectivity index (χ2n) is 13.0. The van der Waals surface area contributed by atoms with Crippen molar-refractivity contribution >= 4 is 11.6 Å². The van der Waals surface area contributed by atoms with Crippen LogP contribution in [0.25, 0.3) is 0 Å². The minimum Gasteiger partial charge on any atom is -0.391 e. The molecular formula is C29H48F2N4O2. The molecule has 3 rings (SSSR count). The number of halogens is 2. The van der Waals surface area contributed by atoms with E-state index >= 15 is 0 Å². The fourth-order valence-corrected chi connectivity index (χ4v) is 7.29. The van der Waals surface area contributed by atoms with E-state index in [9.17, 15) is 18.7 Å². The number of amides is 1. The molecule has 6 unspecified atom stereocenters. The molecule has 6 atom stereocenters. The lowest BCUT2D eigenvalue weighted by Crippen LogP contribution is -2.58. The summed E-state index contributed by atoms with van der Waals surface area (Å²) in [6.07, 6.45) is 7.16. The summed E-state index contributed by atoms with van der Waals surface area (Å²) < 4.78 is 28.0. The maximum absolute atomic E-state index is 14.0. The van der Waals surface area contributed by atoms with Crippen LogP contribution in [0.3, 0.4) is 0 Å². The predicted octanol–water partition coefficient (Wildman–Crippen LogP) is 5.25. The highest BCUT2D eigenvalue weighted by atomic mass is 19.1. The van der Waals surface area contributed by atoms with E-state index in [-0.39, 0.29) is 55.0 Å². The van der Waals surface area contributed by atoms with Gasteiger partial charge in [0.1, 0.15) is 12.3 Å². The molecular weight excluding hydrogens is 474 g/mol. The number of hydrogen-bond acceptors (Lipinski definition) is 5. The number of β-amino-alcohol motifs (C(OH)–C–C–N with tert-alkyl or cyclic N) is 1. The molecule has 3 N–H and O–H groups in total. The summed E-state index contributed by atoms with van der Waals surface area (Å²) in [4.78, 5) is 16.8. The summed E-state index contributed by atoms with van der Waals surface area (Å²) in [5.74, 6) is -0.189. The van der Waals surface area contributed by atoms with Gasteiger partial charge in [-0.15, -0.1) is 0 Å². The van der Waals surface area contributed by atoms with Crippen LogP contribution < -0.4 is 10.6 Å². The van der Waals surface area contributed by atoms with E-state index in [2.05, 4.69) is 36.4 Å². The van der Waals surface area contributed by atoms with Crippen molar-refractivity contribution in [3.63, 3.8) is 0 Å². The van der Waals surface area contributed by atoms with Crippen molar-refractivity contribution in [2.45, 2.75) is 122 Å². The van der Waals surface area contributed by atoms with E-state index < -0.39 is 24.4 Å². The Hall–Kier alpha value is -1.59. The third kappa shape index (κ3) is 7.95. The van der Waals surface area contributed by atoms with Crippen molar-refractivity contribution in [2.75, 3.05) is 13.6 Å². The second-order valence-corrected chi connectivity index (χ2v) is 13.0. The zero-order valence-electron chi connectivity index (χ0n) is 23.2. The van der Waals surface area contributed by atoms with Crippen LogP contribution in [0.5, 0.6) is 0 Å². The number of carbonyl (C=O) groups is 1. The molecule has 0 radical (unpaired) electrons. The predicted molar refractivity (Wildman–Crippen MR) is 142 cm³/mol.